The summed E-state index contributed by atoms with van der Waals surface area (Å²) in [6.07, 6.45) is 2.05. The molecule has 1 saturated heterocycles. The van der Waals surface area contributed by atoms with Crippen molar-refractivity contribution in [1.82, 2.24) is 0 Å². The van der Waals surface area contributed by atoms with Crippen molar-refractivity contribution in [1.29, 1.82) is 0 Å². The highest BCUT2D eigenvalue weighted by Gasteiger charge is 2.50. The molecule has 0 unspecified atom stereocenters. The van der Waals surface area contributed by atoms with Gasteiger partial charge in [-0.1, -0.05) is 237 Å². The Hall–Kier alpha value is -8.14. The zero-order chi connectivity index (χ0) is 46.4. The van der Waals surface area contributed by atoms with Gasteiger partial charge in [0, 0.05) is 6.61 Å². The maximum Gasteiger partial charge on any atom is 0.258 e. The number of fused-ring (bicyclic) bond motifs is 4. The van der Waals surface area contributed by atoms with Gasteiger partial charge in [-0.05, 0) is 157 Å². The molecule has 332 valence electrons. The first-order chi connectivity index (χ1) is 34.7. The Balaban J connectivity index is 1.35. The van der Waals surface area contributed by atoms with Gasteiger partial charge in [0.2, 0.25) is 0 Å². The topological polar surface area (TPSA) is 9.23 Å². The van der Waals surface area contributed by atoms with Crippen LogP contribution >= 0.6 is 0 Å². The van der Waals surface area contributed by atoms with Crippen LogP contribution < -0.4 is 10.4 Å². The Morgan fingerprint density at radius 1 is 0.257 bits per heavy atom. The molecule has 12 aromatic rings. The maximum absolute atomic E-state index is 8.28. The van der Waals surface area contributed by atoms with E-state index in [4.69, 9.17) is 4.43 Å². The van der Waals surface area contributed by atoms with E-state index in [1.165, 1.54) is 120 Å². The van der Waals surface area contributed by atoms with Crippen LogP contribution in [0.5, 0.6) is 0 Å². The zero-order valence-electron chi connectivity index (χ0n) is 39.0. The summed E-state index contributed by atoms with van der Waals surface area (Å²) in [5.41, 5.74) is 14.8. The largest absolute Gasteiger partial charge is 0.408 e. The third-order valence-electron chi connectivity index (χ3n) is 14.8. The minimum Gasteiger partial charge on any atom is -0.408 e. The molecular formula is C68H50OSi. The quantitative estimate of drug-likeness (QED) is 0.109. The van der Waals surface area contributed by atoms with Crippen molar-refractivity contribution in [2.75, 3.05) is 6.61 Å². The molecule has 1 nitrogen and oxygen atoms in total. The predicted octanol–water partition coefficient (Wildman–Crippen LogP) is 17.2. The van der Waals surface area contributed by atoms with E-state index < -0.39 is 8.32 Å². The number of hydrogen-bond acceptors (Lipinski definition) is 1. The summed E-state index contributed by atoms with van der Waals surface area (Å²) in [7, 11) is -3.54. The minimum absolute atomic E-state index is 0.671. The van der Waals surface area contributed by atoms with Crippen LogP contribution in [-0.2, 0) is 4.43 Å². The molecule has 0 spiro atoms. The van der Waals surface area contributed by atoms with Gasteiger partial charge in [-0.3, -0.25) is 0 Å². The van der Waals surface area contributed by atoms with Crippen molar-refractivity contribution in [3.63, 3.8) is 0 Å². The molecular weight excluding hydrogens is 861 g/mol. The second-order valence-corrected chi connectivity index (χ2v) is 22.3. The fourth-order valence-corrected chi connectivity index (χ4v) is 17.0. The molecule has 13 rings (SSSR count). The Bertz CT molecular complexity index is 3610. The molecule has 1 aliphatic rings. The lowest BCUT2D eigenvalue weighted by Gasteiger charge is -2.43. The molecule has 0 aliphatic carbocycles. The average Bonchev–Trinajstić information content (AvgIpc) is 3.44. The standard InChI is InChI=1S/C68H50OSi/c1-7-25-47(26-8-1)61-57-43-53-37-19-21-39-55(53)45-59(57)63(49-29-11-3-12-30-49)67(65(61)51-33-15-5-16-34-51)70(42-24-23-41-69-70)68-64(50-31-13-4-14-32-50)60-46-56-40-22-20-38-54(56)44-58(60)62(48-27-9-2-10-28-48)66(68)52-35-17-6-18-36-52/h1-22,25-40,43-46H,23-24,41-42H2. The van der Waals surface area contributed by atoms with Gasteiger partial charge in [-0.15, -0.1) is 0 Å². The Morgan fingerprint density at radius 3 is 0.800 bits per heavy atom. The smallest absolute Gasteiger partial charge is 0.258 e. The molecule has 0 N–H and O–H groups in total. The summed E-state index contributed by atoms with van der Waals surface area (Å²) in [6, 6.07) is 96.1. The first kappa shape index (κ1) is 42.0. The molecule has 1 heterocycles. The summed E-state index contributed by atoms with van der Waals surface area (Å²) >= 11 is 0. The molecule has 2 heteroatoms. The van der Waals surface area contributed by atoms with E-state index in [1.54, 1.807) is 0 Å². The van der Waals surface area contributed by atoms with Crippen molar-refractivity contribution >= 4 is 61.8 Å². The lowest BCUT2D eigenvalue weighted by molar-refractivity contribution is 0.284. The van der Waals surface area contributed by atoms with Gasteiger partial charge in [0.05, 0.1) is 0 Å². The SMILES string of the molecule is c1ccc(-c2c([Si]3(c4c(-c5ccccc5)c(-c5ccccc5)c5cc6ccccc6cc5c4-c4ccccc4)CCCCO3)c(-c3ccccc3)c3cc4ccccc4cc3c2-c2ccccc2)cc1. The highest BCUT2D eigenvalue weighted by molar-refractivity contribution is 7.01. The van der Waals surface area contributed by atoms with Gasteiger partial charge >= 0.3 is 0 Å². The second-order valence-electron chi connectivity index (χ2n) is 18.8. The number of benzene rings is 12. The second kappa shape index (κ2) is 17.7. The molecule has 0 aromatic heterocycles. The number of hydrogen-bond donors (Lipinski definition) is 0. The Kier molecular flexibility index (Phi) is 10.6. The van der Waals surface area contributed by atoms with E-state index in [1.807, 2.05) is 0 Å². The molecule has 1 aliphatic heterocycles. The van der Waals surface area contributed by atoms with Crippen molar-refractivity contribution < 1.29 is 4.43 Å². The van der Waals surface area contributed by atoms with Crippen LogP contribution in [0.15, 0.2) is 255 Å². The summed E-state index contributed by atoms with van der Waals surface area (Å²) < 4.78 is 8.28. The first-order valence-corrected chi connectivity index (χ1v) is 26.9. The first-order valence-electron chi connectivity index (χ1n) is 24.8. The van der Waals surface area contributed by atoms with Crippen LogP contribution in [0.3, 0.4) is 0 Å². The van der Waals surface area contributed by atoms with Crippen molar-refractivity contribution in [3.8, 4) is 66.8 Å². The Morgan fingerprint density at radius 2 is 0.514 bits per heavy atom. The van der Waals surface area contributed by atoms with Crippen molar-refractivity contribution in [2.24, 2.45) is 0 Å². The summed E-state index contributed by atoms with van der Waals surface area (Å²) in [5.74, 6) is 0. The van der Waals surface area contributed by atoms with Gasteiger partial charge in [-0.2, -0.15) is 0 Å². The van der Waals surface area contributed by atoms with Gasteiger partial charge in [0.25, 0.3) is 8.32 Å². The maximum atomic E-state index is 8.28. The molecule has 0 bridgehead atoms. The average molecular weight is 911 g/mol. The van der Waals surface area contributed by atoms with E-state index in [-0.39, 0.29) is 0 Å². The van der Waals surface area contributed by atoms with E-state index in [2.05, 4.69) is 255 Å². The van der Waals surface area contributed by atoms with Crippen LogP contribution in [0.4, 0.5) is 0 Å². The van der Waals surface area contributed by atoms with Gasteiger partial charge in [-0.25, -0.2) is 0 Å². The minimum atomic E-state index is -3.54. The fourth-order valence-electron chi connectivity index (χ4n) is 11.9. The van der Waals surface area contributed by atoms with E-state index in [0.29, 0.717) is 6.61 Å². The highest BCUT2D eigenvalue weighted by Crippen LogP contribution is 2.50. The monoisotopic (exact) mass is 910 g/mol. The molecule has 0 saturated carbocycles. The summed E-state index contributed by atoms with van der Waals surface area (Å²) in [4.78, 5) is 0. The fraction of sp³-hybridized carbons (Fsp3) is 0.0588. The third-order valence-corrected chi connectivity index (χ3v) is 19.2. The molecule has 0 amide bonds. The van der Waals surface area contributed by atoms with Gasteiger partial charge in [0.1, 0.15) is 0 Å². The predicted molar refractivity (Wildman–Crippen MR) is 301 cm³/mol. The van der Waals surface area contributed by atoms with Crippen molar-refractivity contribution in [3.05, 3.63) is 255 Å². The third kappa shape index (κ3) is 7.02. The molecule has 70 heavy (non-hydrogen) atoms. The lowest BCUT2D eigenvalue weighted by atomic mass is 9.84. The lowest BCUT2D eigenvalue weighted by Crippen LogP contribution is -2.64. The zero-order valence-corrected chi connectivity index (χ0v) is 40.0. The molecule has 12 aromatic carbocycles. The number of rotatable bonds is 8. The van der Waals surface area contributed by atoms with Crippen LogP contribution in [0.1, 0.15) is 12.8 Å². The van der Waals surface area contributed by atoms with Gasteiger partial charge in [0.15, 0.2) is 0 Å². The molecule has 0 atom stereocenters. The van der Waals surface area contributed by atoms with Crippen LogP contribution in [0.25, 0.3) is 110 Å². The molecule has 0 radical (unpaired) electrons. The summed E-state index contributed by atoms with van der Waals surface area (Å²) in [6.45, 7) is 0.671. The van der Waals surface area contributed by atoms with E-state index in [9.17, 15) is 0 Å². The van der Waals surface area contributed by atoms with Crippen LogP contribution in [0.2, 0.25) is 6.04 Å². The summed E-state index contributed by atoms with van der Waals surface area (Å²) in [5, 5.41) is 12.6. The van der Waals surface area contributed by atoms with Crippen LogP contribution in [0, 0.1) is 0 Å². The van der Waals surface area contributed by atoms with E-state index >= 15 is 0 Å². The van der Waals surface area contributed by atoms with E-state index in [0.717, 1.165) is 18.9 Å². The molecule has 1 fully saturated rings. The highest BCUT2D eigenvalue weighted by atomic mass is 28.4. The normalized spacial score (nSPS) is 13.5. The van der Waals surface area contributed by atoms with Gasteiger partial charge < -0.3 is 4.43 Å². The van der Waals surface area contributed by atoms with Crippen molar-refractivity contribution in [2.45, 2.75) is 18.9 Å². The van der Waals surface area contributed by atoms with Crippen LogP contribution in [-0.4, -0.2) is 14.9 Å². The Labute approximate surface area is 411 Å².